The molecule has 1 saturated heterocycles. The number of carbonyl (C=O) groups is 2. The summed E-state index contributed by atoms with van der Waals surface area (Å²) < 4.78 is 14.0. The molecule has 1 unspecified atom stereocenters. The van der Waals surface area contributed by atoms with Crippen LogP contribution in [-0.2, 0) is 9.59 Å². The fourth-order valence-electron chi connectivity index (χ4n) is 1.62. The van der Waals surface area contributed by atoms with Gasteiger partial charge >= 0.3 is 0 Å². The molecule has 1 atom stereocenters. The maximum Gasteiger partial charge on any atom is 0.229 e. The second-order valence-electron chi connectivity index (χ2n) is 3.82. The van der Waals surface area contributed by atoms with Gasteiger partial charge in [-0.15, -0.1) is 0 Å². The second-order valence-corrected chi connectivity index (χ2v) is 4.73. The highest BCUT2D eigenvalue weighted by Crippen LogP contribution is 2.20. The lowest BCUT2D eigenvalue weighted by Gasteiger charge is -2.09. The van der Waals surface area contributed by atoms with Crippen molar-refractivity contribution < 1.29 is 14.0 Å². The number of hydrogen-bond donors (Lipinski definition) is 2. The molecule has 2 N–H and O–H groups in total. The molecule has 0 spiro atoms. The molecule has 1 heterocycles. The molecule has 2 rings (SSSR count). The van der Waals surface area contributed by atoms with Crippen LogP contribution in [0.1, 0.15) is 6.42 Å². The first-order valence-corrected chi connectivity index (χ1v) is 5.88. The predicted molar refractivity (Wildman–Crippen MR) is 63.8 cm³/mol. The molecular weight excluding hydrogens is 291 g/mol. The van der Waals surface area contributed by atoms with Crippen LogP contribution in [0.15, 0.2) is 22.7 Å². The zero-order valence-electron chi connectivity index (χ0n) is 8.80. The quantitative estimate of drug-likeness (QED) is 0.873. The van der Waals surface area contributed by atoms with Crippen molar-refractivity contribution in [3.63, 3.8) is 0 Å². The highest BCUT2D eigenvalue weighted by Gasteiger charge is 2.28. The first kappa shape index (κ1) is 12.0. The summed E-state index contributed by atoms with van der Waals surface area (Å²) in [5, 5.41) is 5.03. The van der Waals surface area contributed by atoms with Crippen LogP contribution in [0.25, 0.3) is 0 Å². The van der Waals surface area contributed by atoms with E-state index in [4.69, 9.17) is 0 Å². The van der Waals surface area contributed by atoms with Gasteiger partial charge in [-0.3, -0.25) is 9.59 Å². The van der Waals surface area contributed by atoms with Crippen LogP contribution in [0, 0.1) is 11.7 Å². The van der Waals surface area contributed by atoms with E-state index in [1.165, 1.54) is 12.1 Å². The molecule has 6 heteroatoms. The number of hydrogen-bond acceptors (Lipinski definition) is 2. The van der Waals surface area contributed by atoms with Gasteiger partial charge in [-0.25, -0.2) is 4.39 Å². The molecule has 1 aromatic carbocycles. The lowest BCUT2D eigenvalue weighted by atomic mass is 10.1. The van der Waals surface area contributed by atoms with Crippen LogP contribution in [0.2, 0.25) is 0 Å². The molecule has 0 aliphatic carbocycles. The second kappa shape index (κ2) is 4.83. The summed E-state index contributed by atoms with van der Waals surface area (Å²) in [6.07, 6.45) is 0.157. The van der Waals surface area contributed by atoms with Crippen LogP contribution in [0.5, 0.6) is 0 Å². The molecule has 2 amide bonds. The summed E-state index contributed by atoms with van der Waals surface area (Å²) in [5.41, 5.74) is 0.123. The summed E-state index contributed by atoms with van der Waals surface area (Å²) in [7, 11) is 0. The minimum atomic E-state index is -0.509. The molecule has 0 saturated carbocycles. The molecule has 0 radical (unpaired) electrons. The first-order chi connectivity index (χ1) is 8.06. The highest BCUT2D eigenvalue weighted by atomic mass is 79.9. The molecule has 1 aromatic rings. The van der Waals surface area contributed by atoms with E-state index >= 15 is 0 Å². The minimum absolute atomic E-state index is 0.123. The van der Waals surface area contributed by atoms with Crippen molar-refractivity contribution in [1.82, 2.24) is 5.32 Å². The topological polar surface area (TPSA) is 58.2 Å². The average Bonchev–Trinajstić information content (AvgIpc) is 2.69. The molecule has 17 heavy (non-hydrogen) atoms. The Labute approximate surface area is 106 Å². The molecule has 1 aliphatic heterocycles. The number of halogens is 2. The fourth-order valence-corrected chi connectivity index (χ4v) is 1.95. The Morgan fingerprint density at radius 1 is 1.53 bits per heavy atom. The zero-order chi connectivity index (χ0) is 12.4. The third-order valence-electron chi connectivity index (χ3n) is 2.54. The molecule has 4 nitrogen and oxygen atoms in total. The summed E-state index contributed by atoms with van der Waals surface area (Å²) in [5.74, 6) is -1.43. The van der Waals surface area contributed by atoms with Crippen molar-refractivity contribution in [2.24, 2.45) is 5.92 Å². The van der Waals surface area contributed by atoms with Crippen LogP contribution in [0.4, 0.5) is 10.1 Å². The molecular formula is C11H10BrFN2O2. The van der Waals surface area contributed by atoms with Gasteiger partial charge < -0.3 is 10.6 Å². The maximum absolute atomic E-state index is 13.4. The van der Waals surface area contributed by atoms with Crippen LogP contribution >= 0.6 is 15.9 Å². The predicted octanol–water partition coefficient (Wildman–Crippen LogP) is 1.66. The van der Waals surface area contributed by atoms with E-state index in [9.17, 15) is 14.0 Å². The monoisotopic (exact) mass is 300 g/mol. The maximum atomic E-state index is 13.4. The van der Waals surface area contributed by atoms with Crippen molar-refractivity contribution in [2.45, 2.75) is 6.42 Å². The SMILES string of the molecule is O=C1CC(C(=O)Nc2ccc(Br)cc2F)CN1. The number of benzene rings is 1. The van der Waals surface area contributed by atoms with E-state index in [-0.39, 0.29) is 23.9 Å². The Bertz CT molecular complexity index is 479. The number of nitrogens with one attached hydrogen (secondary N) is 2. The standard InChI is InChI=1S/C11H10BrFN2O2/c12-7-1-2-9(8(13)4-7)15-11(17)6-3-10(16)14-5-6/h1-2,4,6H,3,5H2,(H,14,16)(H,15,17). The normalized spacial score (nSPS) is 18.9. The lowest BCUT2D eigenvalue weighted by molar-refractivity contribution is -0.123. The highest BCUT2D eigenvalue weighted by molar-refractivity contribution is 9.10. The van der Waals surface area contributed by atoms with Crippen molar-refractivity contribution >= 4 is 33.4 Å². The molecule has 1 fully saturated rings. The Hall–Kier alpha value is -1.43. The summed E-state index contributed by atoms with van der Waals surface area (Å²) in [4.78, 5) is 22.7. The Morgan fingerprint density at radius 2 is 2.29 bits per heavy atom. The van der Waals surface area contributed by atoms with E-state index < -0.39 is 11.7 Å². The van der Waals surface area contributed by atoms with Crippen LogP contribution in [0.3, 0.4) is 0 Å². The van der Waals surface area contributed by atoms with E-state index in [0.717, 1.165) is 0 Å². The lowest BCUT2D eigenvalue weighted by Crippen LogP contribution is -2.25. The summed E-state index contributed by atoms with van der Waals surface area (Å²) in [6, 6.07) is 4.38. The zero-order valence-corrected chi connectivity index (χ0v) is 10.4. The van der Waals surface area contributed by atoms with E-state index in [0.29, 0.717) is 11.0 Å². The largest absolute Gasteiger partial charge is 0.355 e. The summed E-state index contributed by atoms with van der Waals surface area (Å²) in [6.45, 7) is 0.308. The number of anilines is 1. The van der Waals surface area contributed by atoms with E-state index in [1.807, 2.05) is 0 Å². The van der Waals surface area contributed by atoms with Gasteiger partial charge in [-0.05, 0) is 18.2 Å². The van der Waals surface area contributed by atoms with Gasteiger partial charge in [0.25, 0.3) is 0 Å². The van der Waals surface area contributed by atoms with Gasteiger partial charge in [0.2, 0.25) is 11.8 Å². The van der Waals surface area contributed by atoms with Gasteiger partial charge in [-0.1, -0.05) is 15.9 Å². The third-order valence-corrected chi connectivity index (χ3v) is 3.03. The molecule has 0 bridgehead atoms. The fraction of sp³-hybridized carbons (Fsp3) is 0.273. The van der Waals surface area contributed by atoms with Crippen LogP contribution in [-0.4, -0.2) is 18.4 Å². The molecule has 0 aromatic heterocycles. The van der Waals surface area contributed by atoms with Crippen molar-refractivity contribution in [3.05, 3.63) is 28.5 Å². The third kappa shape index (κ3) is 2.82. The van der Waals surface area contributed by atoms with Gasteiger partial charge in [0.1, 0.15) is 5.82 Å². The number of amides is 2. The Kier molecular flexibility index (Phi) is 3.42. The average molecular weight is 301 g/mol. The Morgan fingerprint density at radius 3 is 2.88 bits per heavy atom. The van der Waals surface area contributed by atoms with Gasteiger partial charge in [0.15, 0.2) is 0 Å². The Balaban J connectivity index is 2.05. The molecule has 90 valence electrons. The molecule has 1 aliphatic rings. The van der Waals surface area contributed by atoms with Crippen molar-refractivity contribution in [1.29, 1.82) is 0 Å². The van der Waals surface area contributed by atoms with Gasteiger partial charge in [-0.2, -0.15) is 0 Å². The van der Waals surface area contributed by atoms with Crippen molar-refractivity contribution in [3.8, 4) is 0 Å². The first-order valence-electron chi connectivity index (χ1n) is 5.09. The van der Waals surface area contributed by atoms with Gasteiger partial charge in [0, 0.05) is 17.4 Å². The van der Waals surface area contributed by atoms with Crippen LogP contribution < -0.4 is 10.6 Å². The van der Waals surface area contributed by atoms with Gasteiger partial charge in [0.05, 0.1) is 11.6 Å². The number of rotatable bonds is 2. The van der Waals surface area contributed by atoms with E-state index in [1.54, 1.807) is 6.07 Å². The van der Waals surface area contributed by atoms with Crippen molar-refractivity contribution in [2.75, 3.05) is 11.9 Å². The smallest absolute Gasteiger partial charge is 0.229 e. The number of carbonyl (C=O) groups excluding carboxylic acids is 2. The van der Waals surface area contributed by atoms with E-state index in [2.05, 4.69) is 26.6 Å². The summed E-state index contributed by atoms with van der Waals surface area (Å²) >= 11 is 3.13. The minimum Gasteiger partial charge on any atom is -0.355 e.